The van der Waals surface area contributed by atoms with Crippen molar-refractivity contribution in [2.24, 2.45) is 5.92 Å². The average Bonchev–Trinajstić information content (AvgIpc) is 3.29. The van der Waals surface area contributed by atoms with E-state index in [1.54, 1.807) is 6.92 Å². The molecule has 3 rings (SSSR count). The summed E-state index contributed by atoms with van der Waals surface area (Å²) in [5.74, 6) is -3.53. The summed E-state index contributed by atoms with van der Waals surface area (Å²) in [7, 11) is 4.26. The van der Waals surface area contributed by atoms with Crippen LogP contribution in [0.1, 0.15) is 57.6 Å². The molecule has 0 unspecified atom stereocenters. The Kier molecular flexibility index (Phi) is 10.6. The third-order valence-electron chi connectivity index (χ3n) is 7.96. The van der Waals surface area contributed by atoms with E-state index in [0.717, 1.165) is 27.2 Å². The zero-order chi connectivity index (χ0) is 32.1. The Morgan fingerprint density at radius 3 is 1.98 bits per heavy atom. The summed E-state index contributed by atoms with van der Waals surface area (Å²) in [6, 6.07) is 13.7. The van der Waals surface area contributed by atoms with E-state index in [4.69, 9.17) is 4.74 Å². The van der Waals surface area contributed by atoms with Crippen molar-refractivity contribution >= 4 is 29.8 Å². The van der Waals surface area contributed by atoms with Gasteiger partial charge in [-0.15, -0.1) is 0 Å². The van der Waals surface area contributed by atoms with Gasteiger partial charge in [0.1, 0.15) is 24.2 Å². The Morgan fingerprint density at radius 2 is 1.49 bits per heavy atom. The molecule has 3 atom stereocenters. The van der Waals surface area contributed by atoms with Gasteiger partial charge in [-0.2, -0.15) is 0 Å². The number of hydrogen-bond donors (Lipinski definition) is 3. The summed E-state index contributed by atoms with van der Waals surface area (Å²) in [4.78, 5) is 66.2. The van der Waals surface area contributed by atoms with Crippen LogP contribution in [-0.2, 0) is 23.9 Å². The molecule has 0 saturated carbocycles. The summed E-state index contributed by atoms with van der Waals surface area (Å²) in [5, 5.41) is 14.7. The van der Waals surface area contributed by atoms with Crippen LogP contribution in [0.3, 0.4) is 0 Å². The van der Waals surface area contributed by atoms with Gasteiger partial charge in [0, 0.05) is 27.1 Å². The lowest BCUT2D eigenvalue weighted by Crippen LogP contribution is -2.62. The van der Waals surface area contributed by atoms with Crippen molar-refractivity contribution in [2.75, 3.05) is 27.7 Å². The molecule has 0 fully saturated rings. The van der Waals surface area contributed by atoms with E-state index in [-0.39, 0.29) is 18.4 Å². The van der Waals surface area contributed by atoms with E-state index in [2.05, 4.69) is 10.6 Å². The molecule has 11 nitrogen and oxygen atoms in total. The maximum absolute atomic E-state index is 13.5. The van der Waals surface area contributed by atoms with Crippen LogP contribution in [0, 0.1) is 5.92 Å². The first-order chi connectivity index (χ1) is 20.2. The van der Waals surface area contributed by atoms with Gasteiger partial charge < -0.3 is 30.3 Å². The minimum absolute atomic E-state index is 0.0777. The lowest BCUT2D eigenvalue weighted by atomic mass is 9.95. The Hall–Kier alpha value is -4.41. The van der Waals surface area contributed by atoms with Gasteiger partial charge in [-0.1, -0.05) is 68.8 Å². The van der Waals surface area contributed by atoms with Gasteiger partial charge in [0.25, 0.3) is 0 Å². The van der Waals surface area contributed by atoms with Crippen LogP contribution in [-0.4, -0.2) is 90.1 Å². The van der Waals surface area contributed by atoms with E-state index in [0.29, 0.717) is 6.42 Å². The summed E-state index contributed by atoms with van der Waals surface area (Å²) < 4.78 is 5.65. The molecule has 11 heteroatoms. The largest absolute Gasteiger partial charge is 0.481 e. The molecule has 0 spiro atoms. The molecule has 43 heavy (non-hydrogen) atoms. The van der Waals surface area contributed by atoms with Crippen molar-refractivity contribution in [1.29, 1.82) is 0 Å². The standard InChI is InChI=1S/C32H42N4O7/c1-8-19(2)27(28(39)34-32(3,4)30(41)36(7)25(17-26(37)38)29(40)35(5)6)33-31(42)43-18-24-22-15-11-9-13-20(22)21-14-10-12-16-23(21)24/h9-16,19,24-25,27H,8,17-18H2,1-7H3,(H,33,42)(H,34,39)(H,37,38)/t19-,25-,27-/m0/s1. The van der Waals surface area contributed by atoms with Gasteiger partial charge in [0.2, 0.25) is 17.7 Å². The van der Waals surface area contributed by atoms with E-state index in [1.807, 2.05) is 55.5 Å². The number of likely N-dealkylation sites (N-methyl/N-ethyl adjacent to an activating group) is 2. The highest BCUT2D eigenvalue weighted by Crippen LogP contribution is 2.44. The summed E-state index contributed by atoms with van der Waals surface area (Å²) in [5.41, 5.74) is 2.79. The zero-order valence-corrected chi connectivity index (χ0v) is 25.8. The monoisotopic (exact) mass is 594 g/mol. The van der Waals surface area contributed by atoms with E-state index < -0.39 is 53.8 Å². The first kappa shape index (κ1) is 33.1. The van der Waals surface area contributed by atoms with Crippen LogP contribution in [0.25, 0.3) is 11.1 Å². The van der Waals surface area contributed by atoms with Crippen molar-refractivity contribution in [3.8, 4) is 11.1 Å². The second-order valence-electron chi connectivity index (χ2n) is 11.7. The van der Waals surface area contributed by atoms with Crippen LogP contribution in [0.4, 0.5) is 4.79 Å². The highest BCUT2D eigenvalue weighted by atomic mass is 16.5. The number of carbonyl (C=O) groups is 5. The molecule has 0 heterocycles. The molecule has 3 N–H and O–H groups in total. The van der Waals surface area contributed by atoms with Gasteiger partial charge in [-0.25, -0.2) is 4.79 Å². The molecule has 1 aliphatic rings. The molecule has 0 bridgehead atoms. The van der Waals surface area contributed by atoms with Gasteiger partial charge in [-0.05, 0) is 42.0 Å². The predicted octanol–water partition coefficient (Wildman–Crippen LogP) is 3.22. The summed E-state index contributed by atoms with van der Waals surface area (Å²) in [6.45, 7) is 6.67. The molecular formula is C32H42N4O7. The molecule has 0 aromatic heterocycles. The number of ether oxygens (including phenoxy) is 1. The minimum atomic E-state index is -1.52. The van der Waals surface area contributed by atoms with Gasteiger partial charge in [0.15, 0.2) is 0 Å². The topological polar surface area (TPSA) is 145 Å². The minimum Gasteiger partial charge on any atom is -0.481 e. The number of carbonyl (C=O) groups excluding carboxylic acids is 4. The lowest BCUT2D eigenvalue weighted by Gasteiger charge is -2.36. The maximum Gasteiger partial charge on any atom is 0.407 e. The van der Waals surface area contributed by atoms with Gasteiger partial charge in [-0.3, -0.25) is 19.2 Å². The van der Waals surface area contributed by atoms with Crippen molar-refractivity contribution in [3.63, 3.8) is 0 Å². The summed E-state index contributed by atoms with van der Waals surface area (Å²) >= 11 is 0. The molecule has 0 radical (unpaired) electrons. The quantitative estimate of drug-likeness (QED) is 0.342. The van der Waals surface area contributed by atoms with E-state index in [9.17, 15) is 29.1 Å². The number of amides is 4. The molecule has 4 amide bonds. The average molecular weight is 595 g/mol. The third-order valence-corrected chi connectivity index (χ3v) is 7.96. The number of hydrogen-bond acceptors (Lipinski definition) is 6. The number of rotatable bonds is 12. The second kappa shape index (κ2) is 13.7. The van der Waals surface area contributed by atoms with Gasteiger partial charge in [0.05, 0.1) is 6.42 Å². The van der Waals surface area contributed by atoms with Crippen molar-refractivity contribution < 1.29 is 33.8 Å². The maximum atomic E-state index is 13.5. The van der Waals surface area contributed by atoms with Crippen LogP contribution in [0.15, 0.2) is 48.5 Å². The number of fused-ring (bicyclic) bond motifs is 3. The summed E-state index contributed by atoms with van der Waals surface area (Å²) in [6.07, 6.45) is -0.808. The first-order valence-electron chi connectivity index (χ1n) is 14.3. The van der Waals surface area contributed by atoms with Crippen molar-refractivity contribution in [2.45, 2.75) is 64.1 Å². The SMILES string of the molecule is CC[C@H](C)[C@H](NC(=O)OCC1c2ccccc2-c2ccccc21)C(=O)NC(C)(C)C(=O)N(C)[C@@H](CC(=O)O)C(=O)N(C)C. The molecule has 0 aliphatic heterocycles. The number of alkyl carbamates (subject to hydrolysis) is 1. The van der Waals surface area contributed by atoms with Crippen LogP contribution < -0.4 is 10.6 Å². The number of carboxylic acid groups (broad SMARTS) is 1. The zero-order valence-electron chi connectivity index (χ0n) is 25.8. The Morgan fingerprint density at radius 1 is 0.953 bits per heavy atom. The Labute approximate surface area is 252 Å². The molecule has 2 aromatic rings. The van der Waals surface area contributed by atoms with Crippen LogP contribution in [0.2, 0.25) is 0 Å². The number of nitrogens with one attached hydrogen (secondary N) is 2. The van der Waals surface area contributed by atoms with Crippen molar-refractivity contribution in [3.05, 3.63) is 59.7 Å². The van der Waals surface area contributed by atoms with Crippen molar-refractivity contribution in [1.82, 2.24) is 20.4 Å². The fourth-order valence-corrected chi connectivity index (χ4v) is 5.34. The highest BCUT2D eigenvalue weighted by Gasteiger charge is 2.40. The molecule has 1 aliphatic carbocycles. The first-order valence-corrected chi connectivity index (χ1v) is 14.3. The fraction of sp³-hybridized carbons (Fsp3) is 0.469. The second-order valence-corrected chi connectivity index (χ2v) is 11.7. The van der Waals surface area contributed by atoms with E-state index in [1.165, 1.54) is 39.9 Å². The smallest absolute Gasteiger partial charge is 0.407 e. The number of nitrogens with zero attached hydrogens (tertiary/aromatic N) is 2. The predicted molar refractivity (Wildman–Crippen MR) is 161 cm³/mol. The highest BCUT2D eigenvalue weighted by molar-refractivity contribution is 5.96. The van der Waals surface area contributed by atoms with Crippen LogP contribution >= 0.6 is 0 Å². The Balaban J connectivity index is 1.71. The van der Waals surface area contributed by atoms with Gasteiger partial charge >= 0.3 is 12.1 Å². The third kappa shape index (κ3) is 7.52. The molecule has 0 saturated heterocycles. The van der Waals surface area contributed by atoms with E-state index >= 15 is 0 Å². The molecule has 2 aromatic carbocycles. The normalized spacial score (nSPS) is 14.4. The molecular weight excluding hydrogens is 552 g/mol. The molecule has 232 valence electrons. The number of benzene rings is 2. The Bertz CT molecular complexity index is 1330. The van der Waals surface area contributed by atoms with Crippen LogP contribution in [0.5, 0.6) is 0 Å². The number of aliphatic carboxylic acids is 1. The number of carboxylic acids is 1. The lowest BCUT2D eigenvalue weighted by molar-refractivity contribution is -0.151. The fourth-order valence-electron chi connectivity index (χ4n) is 5.34.